The predicted octanol–water partition coefficient (Wildman–Crippen LogP) is 4.33. The van der Waals surface area contributed by atoms with Crippen LogP contribution in [0.3, 0.4) is 0 Å². The van der Waals surface area contributed by atoms with Gasteiger partial charge in [0.05, 0.1) is 4.90 Å². The van der Waals surface area contributed by atoms with Crippen molar-refractivity contribution in [1.29, 1.82) is 0 Å². The molecular weight excluding hydrogens is 310 g/mol. The van der Waals surface area contributed by atoms with Gasteiger partial charge in [0.25, 0.3) is 0 Å². The van der Waals surface area contributed by atoms with Gasteiger partial charge >= 0.3 is 11.9 Å². The standard InChI is InChI=1S/C11H8F6O2S/c1-6(18)5-7-3-2-4-8(19-10(12,13)14)9(7)20-11(15,16)17/h2-4H,5H2,1H3. The fourth-order valence-corrected chi connectivity index (χ4v) is 2.12. The minimum absolute atomic E-state index is 0.165. The van der Waals surface area contributed by atoms with E-state index < -0.39 is 46.5 Å². The van der Waals surface area contributed by atoms with Crippen molar-refractivity contribution in [2.24, 2.45) is 0 Å². The van der Waals surface area contributed by atoms with Gasteiger partial charge in [0.2, 0.25) is 0 Å². The third-order valence-electron chi connectivity index (χ3n) is 1.94. The van der Waals surface area contributed by atoms with Crippen LogP contribution in [0.15, 0.2) is 23.1 Å². The molecule has 1 aromatic rings. The Hall–Kier alpha value is -1.38. The molecule has 0 atom stereocenters. The summed E-state index contributed by atoms with van der Waals surface area (Å²) in [4.78, 5) is 10.2. The van der Waals surface area contributed by atoms with Gasteiger partial charge in [-0.1, -0.05) is 12.1 Å². The molecule has 0 bridgehead atoms. The molecule has 0 N–H and O–H groups in total. The van der Waals surface area contributed by atoms with Crippen molar-refractivity contribution in [3.63, 3.8) is 0 Å². The molecule has 9 heteroatoms. The number of carbonyl (C=O) groups excluding carboxylic acids is 1. The Bertz CT molecular complexity index is 495. The van der Waals surface area contributed by atoms with Crippen molar-refractivity contribution < 1.29 is 35.9 Å². The van der Waals surface area contributed by atoms with Crippen molar-refractivity contribution in [2.45, 2.75) is 30.1 Å². The first-order chi connectivity index (χ1) is 8.98. The zero-order valence-electron chi connectivity index (χ0n) is 9.93. The van der Waals surface area contributed by atoms with E-state index in [0.29, 0.717) is 0 Å². The SMILES string of the molecule is CC(=O)Cc1cccc(OC(F)(F)F)c1SC(F)(F)F. The van der Waals surface area contributed by atoms with Crippen molar-refractivity contribution in [1.82, 2.24) is 0 Å². The molecular formula is C11H8F6O2S. The minimum Gasteiger partial charge on any atom is -0.405 e. The number of rotatable bonds is 4. The fraction of sp³-hybridized carbons (Fsp3) is 0.364. The highest BCUT2D eigenvalue weighted by Gasteiger charge is 2.36. The Labute approximate surface area is 114 Å². The third-order valence-corrected chi connectivity index (χ3v) is 2.84. The van der Waals surface area contributed by atoms with Crippen LogP contribution in [0, 0.1) is 0 Å². The van der Waals surface area contributed by atoms with Crippen LogP contribution in [0.5, 0.6) is 5.75 Å². The number of alkyl halides is 6. The summed E-state index contributed by atoms with van der Waals surface area (Å²) in [6.07, 6.45) is -5.52. The van der Waals surface area contributed by atoms with E-state index in [9.17, 15) is 31.1 Å². The molecule has 0 unspecified atom stereocenters. The average Bonchev–Trinajstić information content (AvgIpc) is 2.18. The zero-order chi connectivity index (χ0) is 15.6. The lowest BCUT2D eigenvalue weighted by Crippen LogP contribution is -2.18. The molecule has 0 fully saturated rings. The summed E-state index contributed by atoms with van der Waals surface area (Å²) in [6, 6.07) is 3.02. The van der Waals surface area contributed by atoms with Gasteiger partial charge in [0.1, 0.15) is 11.5 Å². The largest absolute Gasteiger partial charge is 0.573 e. The van der Waals surface area contributed by atoms with E-state index in [-0.39, 0.29) is 5.56 Å². The summed E-state index contributed by atoms with van der Waals surface area (Å²) in [6.45, 7) is 1.12. The Balaban J connectivity index is 3.24. The van der Waals surface area contributed by atoms with E-state index in [1.54, 1.807) is 0 Å². The molecule has 20 heavy (non-hydrogen) atoms. The number of benzene rings is 1. The summed E-state index contributed by atoms with van der Waals surface area (Å²) < 4.78 is 77.3. The number of thioether (sulfide) groups is 1. The molecule has 2 nitrogen and oxygen atoms in total. The zero-order valence-corrected chi connectivity index (χ0v) is 10.7. The van der Waals surface area contributed by atoms with Gasteiger partial charge < -0.3 is 4.74 Å². The lowest BCUT2D eigenvalue weighted by atomic mass is 10.1. The van der Waals surface area contributed by atoms with Gasteiger partial charge in [-0.05, 0) is 30.3 Å². The highest BCUT2D eigenvalue weighted by atomic mass is 32.2. The van der Waals surface area contributed by atoms with Crippen LogP contribution >= 0.6 is 11.8 Å². The normalized spacial score (nSPS) is 12.3. The van der Waals surface area contributed by atoms with Gasteiger partial charge in [-0.15, -0.1) is 13.2 Å². The number of carbonyl (C=O) groups is 1. The van der Waals surface area contributed by atoms with E-state index in [4.69, 9.17) is 0 Å². The third kappa shape index (κ3) is 5.72. The maximum Gasteiger partial charge on any atom is 0.573 e. The van der Waals surface area contributed by atoms with Crippen LogP contribution in [0.2, 0.25) is 0 Å². The molecule has 0 aliphatic carbocycles. The van der Waals surface area contributed by atoms with Gasteiger partial charge in [-0.2, -0.15) is 13.2 Å². The first-order valence-corrected chi connectivity index (χ1v) is 5.92. The first-order valence-electron chi connectivity index (χ1n) is 5.11. The second kappa shape index (κ2) is 5.94. The quantitative estimate of drug-likeness (QED) is 0.610. The van der Waals surface area contributed by atoms with Crippen LogP contribution in [0.4, 0.5) is 26.3 Å². The summed E-state index contributed by atoms with van der Waals surface area (Å²) in [7, 11) is 0. The molecule has 0 aliphatic rings. The van der Waals surface area contributed by atoms with E-state index >= 15 is 0 Å². The first kappa shape index (κ1) is 16.7. The number of halogens is 6. The predicted molar refractivity (Wildman–Crippen MR) is 59.4 cm³/mol. The molecule has 0 spiro atoms. The summed E-state index contributed by atoms with van der Waals surface area (Å²) in [5.74, 6) is -1.45. The number of Topliss-reactive ketones (excluding diaryl/α,β-unsaturated/α-hetero) is 1. The number of hydrogen-bond donors (Lipinski definition) is 0. The Morgan fingerprint density at radius 3 is 2.25 bits per heavy atom. The van der Waals surface area contributed by atoms with Crippen LogP contribution in [0.25, 0.3) is 0 Å². The monoisotopic (exact) mass is 318 g/mol. The molecule has 0 radical (unpaired) electrons. The topological polar surface area (TPSA) is 26.3 Å². The smallest absolute Gasteiger partial charge is 0.405 e. The van der Waals surface area contributed by atoms with E-state index in [0.717, 1.165) is 25.1 Å². The minimum atomic E-state index is -5.12. The molecule has 0 heterocycles. The maximum absolute atomic E-state index is 12.4. The van der Waals surface area contributed by atoms with E-state index in [1.807, 2.05) is 0 Å². The van der Waals surface area contributed by atoms with Crippen molar-refractivity contribution in [3.05, 3.63) is 23.8 Å². The summed E-state index contributed by atoms with van der Waals surface area (Å²) >= 11 is -0.741. The lowest BCUT2D eigenvalue weighted by molar-refractivity contribution is -0.275. The molecule has 0 saturated carbocycles. The van der Waals surface area contributed by atoms with Gasteiger partial charge in [0, 0.05) is 6.42 Å². The molecule has 0 aromatic heterocycles. The molecule has 1 aromatic carbocycles. The van der Waals surface area contributed by atoms with Crippen LogP contribution < -0.4 is 4.74 Å². The van der Waals surface area contributed by atoms with E-state index in [2.05, 4.69) is 4.74 Å². The Morgan fingerprint density at radius 2 is 1.80 bits per heavy atom. The summed E-state index contributed by atoms with van der Waals surface area (Å²) in [5.41, 5.74) is -4.96. The summed E-state index contributed by atoms with van der Waals surface area (Å²) in [5, 5.41) is 0. The second-order valence-electron chi connectivity index (χ2n) is 3.72. The second-order valence-corrected chi connectivity index (χ2v) is 4.79. The number of ether oxygens (including phenoxy) is 1. The Kier molecular flexibility index (Phi) is 4.95. The highest BCUT2D eigenvalue weighted by Crippen LogP contribution is 2.44. The maximum atomic E-state index is 12.4. The van der Waals surface area contributed by atoms with Crippen molar-refractivity contribution in [2.75, 3.05) is 0 Å². The Morgan fingerprint density at radius 1 is 1.20 bits per heavy atom. The lowest BCUT2D eigenvalue weighted by Gasteiger charge is -2.16. The van der Waals surface area contributed by atoms with E-state index in [1.165, 1.54) is 0 Å². The van der Waals surface area contributed by atoms with Crippen molar-refractivity contribution >= 4 is 17.5 Å². The molecule has 0 aliphatic heterocycles. The number of ketones is 1. The van der Waals surface area contributed by atoms with Gasteiger partial charge in [-0.3, -0.25) is 4.79 Å². The van der Waals surface area contributed by atoms with Gasteiger partial charge in [0.15, 0.2) is 0 Å². The van der Waals surface area contributed by atoms with Crippen LogP contribution in [-0.4, -0.2) is 17.7 Å². The molecule has 0 saturated heterocycles. The molecule has 1 rings (SSSR count). The van der Waals surface area contributed by atoms with Crippen LogP contribution in [0.1, 0.15) is 12.5 Å². The van der Waals surface area contributed by atoms with Crippen molar-refractivity contribution in [3.8, 4) is 5.75 Å². The molecule has 0 amide bonds. The van der Waals surface area contributed by atoms with Crippen LogP contribution in [-0.2, 0) is 11.2 Å². The average molecular weight is 318 g/mol. The fourth-order valence-electron chi connectivity index (χ4n) is 1.41. The molecule has 112 valence electrons. The number of hydrogen-bond acceptors (Lipinski definition) is 3. The highest BCUT2D eigenvalue weighted by molar-refractivity contribution is 8.00. The van der Waals surface area contributed by atoms with Gasteiger partial charge in [-0.25, -0.2) is 0 Å².